The Hall–Kier alpha value is -2.62. The number of nitrogens with one attached hydrogen (secondary N) is 2. The highest BCUT2D eigenvalue weighted by Crippen LogP contribution is 2.29. The molecule has 0 saturated carbocycles. The topological polar surface area (TPSA) is 117 Å². The molecule has 0 aliphatic heterocycles. The molecule has 2 N–H and O–H groups in total. The molecule has 0 radical (unpaired) electrons. The average molecular weight is 436 g/mol. The van der Waals surface area contributed by atoms with Gasteiger partial charge in [0.1, 0.15) is 34.2 Å². The molecule has 0 aliphatic rings. The van der Waals surface area contributed by atoms with Crippen molar-refractivity contribution in [2.24, 2.45) is 7.05 Å². The minimum atomic E-state index is -4.80. The van der Waals surface area contributed by atoms with E-state index < -0.39 is 38.1 Å². The highest BCUT2D eigenvalue weighted by atomic mass is 35.5. The van der Waals surface area contributed by atoms with E-state index in [4.69, 9.17) is 16.9 Å². The number of pyridine rings is 1. The molecule has 1 atom stereocenters. The van der Waals surface area contributed by atoms with Crippen LogP contribution in [-0.2, 0) is 17.1 Å². The number of hydrogen-bond acceptors (Lipinski definition) is 5. The molecule has 2 aromatic heterocycles. The predicted octanol–water partition coefficient (Wildman–Crippen LogP) is 2.43. The smallest absolute Gasteiger partial charge is 0.344 e. The summed E-state index contributed by atoms with van der Waals surface area (Å²) in [6, 6.07) is 3.69. The lowest BCUT2D eigenvalue weighted by atomic mass is 10.3. The Bertz CT molecular complexity index is 1060. The molecular weight excluding hydrogens is 423 g/mol. The number of hydrogen-bond donors (Lipinski definition) is 2. The molecule has 2 rings (SSSR count). The predicted molar refractivity (Wildman–Crippen MR) is 93.2 cm³/mol. The number of alkyl halides is 3. The van der Waals surface area contributed by atoms with Crippen molar-refractivity contribution >= 4 is 33.3 Å². The van der Waals surface area contributed by atoms with Gasteiger partial charge in [0.15, 0.2) is 0 Å². The van der Waals surface area contributed by atoms with E-state index in [1.54, 1.807) is 6.07 Å². The fourth-order valence-electron chi connectivity index (χ4n) is 2.12. The van der Waals surface area contributed by atoms with Gasteiger partial charge in [0.05, 0.1) is 5.02 Å². The van der Waals surface area contributed by atoms with Crippen molar-refractivity contribution in [1.29, 1.82) is 5.26 Å². The Morgan fingerprint density at radius 3 is 2.61 bits per heavy atom. The second-order valence-electron chi connectivity index (χ2n) is 5.63. The van der Waals surface area contributed by atoms with Crippen LogP contribution in [0.2, 0.25) is 5.02 Å². The highest BCUT2D eigenvalue weighted by molar-refractivity contribution is 7.89. The van der Waals surface area contributed by atoms with Gasteiger partial charge in [0.2, 0.25) is 10.0 Å². The maximum absolute atomic E-state index is 12.7. The van der Waals surface area contributed by atoms with Crippen LogP contribution in [0.1, 0.15) is 23.1 Å². The molecule has 2 aromatic rings. The molecule has 28 heavy (non-hydrogen) atoms. The number of carbonyl (C=O) groups excluding carboxylic acids is 1. The van der Waals surface area contributed by atoms with Crippen molar-refractivity contribution < 1.29 is 26.4 Å². The zero-order valence-electron chi connectivity index (χ0n) is 14.4. The number of rotatable bonds is 5. The Morgan fingerprint density at radius 1 is 1.39 bits per heavy atom. The van der Waals surface area contributed by atoms with E-state index in [1.165, 1.54) is 30.0 Å². The Morgan fingerprint density at radius 2 is 2.04 bits per heavy atom. The zero-order chi connectivity index (χ0) is 21.3. The van der Waals surface area contributed by atoms with Gasteiger partial charge in [-0.15, -0.1) is 0 Å². The van der Waals surface area contributed by atoms with Gasteiger partial charge in [0, 0.05) is 13.2 Å². The number of nitrogens with zero attached hydrogens (tertiary/aromatic N) is 3. The van der Waals surface area contributed by atoms with Gasteiger partial charge < -0.3 is 9.88 Å². The van der Waals surface area contributed by atoms with Gasteiger partial charge in [-0.05, 0) is 19.1 Å². The standard InChI is InChI=1S/C15H13ClF3N5O3S/c1-8(15(17,18)19)23-28(26,27)10-7-24(2)13(12(10)16)14(25)22-11-5-3-4-9(6-20)21-11/h3-5,7-8,23H,1-2H3,(H,21,22,25). The molecule has 1 unspecified atom stereocenters. The van der Waals surface area contributed by atoms with Crippen molar-refractivity contribution in [2.75, 3.05) is 5.32 Å². The summed E-state index contributed by atoms with van der Waals surface area (Å²) in [4.78, 5) is 15.6. The van der Waals surface area contributed by atoms with Gasteiger partial charge >= 0.3 is 6.18 Å². The first-order valence-electron chi connectivity index (χ1n) is 7.49. The summed E-state index contributed by atoms with van der Waals surface area (Å²) >= 11 is 5.98. The fraction of sp³-hybridized carbons (Fsp3) is 0.267. The van der Waals surface area contributed by atoms with Crippen LogP contribution in [0.4, 0.5) is 19.0 Å². The molecule has 2 heterocycles. The average Bonchev–Trinajstić information content (AvgIpc) is 2.89. The van der Waals surface area contributed by atoms with Gasteiger partial charge in [-0.1, -0.05) is 17.7 Å². The summed E-state index contributed by atoms with van der Waals surface area (Å²) < 4.78 is 65.0. The Kier molecular flexibility index (Phi) is 6.03. The minimum Gasteiger partial charge on any atom is -0.344 e. The number of aromatic nitrogens is 2. The molecule has 0 saturated heterocycles. The second kappa shape index (κ2) is 7.78. The molecule has 8 nitrogen and oxygen atoms in total. The van der Waals surface area contributed by atoms with E-state index in [-0.39, 0.29) is 17.2 Å². The van der Waals surface area contributed by atoms with E-state index in [9.17, 15) is 26.4 Å². The van der Waals surface area contributed by atoms with Gasteiger partial charge in [-0.3, -0.25) is 4.79 Å². The summed E-state index contributed by atoms with van der Waals surface area (Å²) in [5.74, 6) is -0.852. The first kappa shape index (κ1) is 21.7. The molecule has 0 aliphatic carbocycles. The normalized spacial score (nSPS) is 13.0. The van der Waals surface area contributed by atoms with Crippen molar-refractivity contribution in [3.8, 4) is 6.07 Å². The van der Waals surface area contributed by atoms with Crippen LogP contribution >= 0.6 is 11.6 Å². The van der Waals surface area contributed by atoms with E-state index in [0.29, 0.717) is 6.92 Å². The summed E-state index contributed by atoms with van der Waals surface area (Å²) in [6.45, 7) is 0.635. The number of anilines is 1. The Labute approximate surface area is 163 Å². The van der Waals surface area contributed by atoms with Gasteiger partial charge in [-0.2, -0.15) is 23.2 Å². The first-order valence-corrected chi connectivity index (χ1v) is 9.35. The number of amides is 1. The SMILES string of the molecule is CC(NS(=O)(=O)c1cn(C)c(C(=O)Nc2cccc(C#N)n2)c1Cl)C(F)(F)F. The van der Waals surface area contributed by atoms with E-state index in [0.717, 1.165) is 10.8 Å². The summed E-state index contributed by atoms with van der Waals surface area (Å²) in [5.41, 5.74) is -0.282. The fourth-order valence-corrected chi connectivity index (χ4v) is 4.05. The van der Waals surface area contributed by atoms with E-state index >= 15 is 0 Å². The number of nitriles is 1. The molecule has 0 bridgehead atoms. The molecular formula is C15H13ClF3N5O3S. The first-order chi connectivity index (χ1) is 12.9. The molecule has 1 amide bonds. The van der Waals surface area contributed by atoms with Crippen LogP contribution < -0.4 is 10.0 Å². The lowest BCUT2D eigenvalue weighted by Gasteiger charge is -2.16. The largest absolute Gasteiger partial charge is 0.404 e. The van der Waals surface area contributed by atoms with Crippen LogP contribution in [0.5, 0.6) is 0 Å². The molecule has 0 spiro atoms. The van der Waals surface area contributed by atoms with Crippen LogP contribution in [0.15, 0.2) is 29.3 Å². The quantitative estimate of drug-likeness (QED) is 0.748. The third kappa shape index (κ3) is 4.61. The van der Waals surface area contributed by atoms with Crippen molar-refractivity contribution in [3.63, 3.8) is 0 Å². The number of halogens is 4. The van der Waals surface area contributed by atoms with Crippen LogP contribution in [-0.4, -0.2) is 36.1 Å². The minimum absolute atomic E-state index is 0.00884. The Balaban J connectivity index is 2.35. The van der Waals surface area contributed by atoms with Gasteiger partial charge in [0.25, 0.3) is 5.91 Å². The summed E-state index contributed by atoms with van der Waals surface area (Å²) in [5, 5.41) is 10.6. The monoisotopic (exact) mass is 435 g/mol. The second-order valence-corrected chi connectivity index (χ2v) is 7.69. The summed E-state index contributed by atoms with van der Waals surface area (Å²) in [6.07, 6.45) is -3.88. The van der Waals surface area contributed by atoms with Crippen LogP contribution in [0, 0.1) is 11.3 Å². The number of sulfonamides is 1. The maximum atomic E-state index is 12.7. The number of aryl methyl sites for hydroxylation is 1. The number of carbonyl (C=O) groups is 1. The van der Waals surface area contributed by atoms with E-state index in [2.05, 4.69) is 10.3 Å². The molecule has 13 heteroatoms. The van der Waals surface area contributed by atoms with Crippen LogP contribution in [0.25, 0.3) is 0 Å². The molecule has 0 aromatic carbocycles. The van der Waals surface area contributed by atoms with Crippen molar-refractivity contribution in [2.45, 2.75) is 24.0 Å². The lowest BCUT2D eigenvalue weighted by molar-refractivity contribution is -0.147. The van der Waals surface area contributed by atoms with Crippen molar-refractivity contribution in [1.82, 2.24) is 14.3 Å². The molecule has 0 fully saturated rings. The third-order valence-corrected chi connectivity index (χ3v) is 5.57. The maximum Gasteiger partial charge on any atom is 0.404 e. The molecule has 150 valence electrons. The van der Waals surface area contributed by atoms with Gasteiger partial charge in [-0.25, -0.2) is 13.4 Å². The zero-order valence-corrected chi connectivity index (χ0v) is 15.9. The summed E-state index contributed by atoms with van der Waals surface area (Å²) in [7, 11) is -3.36. The van der Waals surface area contributed by atoms with E-state index in [1.807, 2.05) is 0 Å². The van der Waals surface area contributed by atoms with Crippen LogP contribution in [0.3, 0.4) is 0 Å². The lowest BCUT2D eigenvalue weighted by Crippen LogP contribution is -2.42. The highest BCUT2D eigenvalue weighted by Gasteiger charge is 2.40. The van der Waals surface area contributed by atoms with Crippen molar-refractivity contribution in [3.05, 3.63) is 40.8 Å². The third-order valence-electron chi connectivity index (χ3n) is 3.52.